The Bertz CT molecular complexity index is 719. The Kier molecular flexibility index (Phi) is 5.11. The van der Waals surface area contributed by atoms with Crippen molar-refractivity contribution < 1.29 is 9.63 Å². The van der Waals surface area contributed by atoms with Gasteiger partial charge in [0, 0.05) is 5.69 Å². The molecule has 1 amide bonds. The van der Waals surface area contributed by atoms with Crippen LogP contribution in [0.3, 0.4) is 0 Å². The van der Waals surface area contributed by atoms with E-state index >= 15 is 0 Å². The summed E-state index contributed by atoms with van der Waals surface area (Å²) in [6, 6.07) is 12.3. The third kappa shape index (κ3) is 4.07. The second-order valence-electron chi connectivity index (χ2n) is 4.38. The summed E-state index contributed by atoms with van der Waals surface area (Å²) < 4.78 is 0. The van der Waals surface area contributed by atoms with Crippen LogP contribution in [-0.4, -0.2) is 17.8 Å². The lowest BCUT2D eigenvalue weighted by Crippen LogP contribution is -2.27. The van der Waals surface area contributed by atoms with Gasteiger partial charge in [-0.3, -0.25) is 4.79 Å². The van der Waals surface area contributed by atoms with E-state index in [0.29, 0.717) is 11.3 Å². The molecule has 1 aromatic carbocycles. The number of carbonyl (C=O) groups is 1. The van der Waals surface area contributed by atoms with Crippen molar-refractivity contribution in [2.45, 2.75) is 13.0 Å². The zero-order valence-corrected chi connectivity index (χ0v) is 12.6. The predicted octanol–water partition coefficient (Wildman–Crippen LogP) is 2.28. The largest absolute Gasteiger partial charge is 0.381 e. The molecule has 1 aromatic heterocycles. The topological polar surface area (TPSA) is 100 Å². The van der Waals surface area contributed by atoms with Crippen LogP contribution >= 0.6 is 11.3 Å². The number of nitriles is 1. The van der Waals surface area contributed by atoms with E-state index in [4.69, 9.17) is 15.8 Å². The highest BCUT2D eigenvalue weighted by Gasteiger charge is 2.15. The first-order valence-corrected chi connectivity index (χ1v) is 7.32. The van der Waals surface area contributed by atoms with Crippen LogP contribution in [0.2, 0.25) is 0 Å². The van der Waals surface area contributed by atoms with Gasteiger partial charge >= 0.3 is 0 Å². The number of oxime groups is 1. The summed E-state index contributed by atoms with van der Waals surface area (Å²) in [4.78, 5) is 17.9. The SMILES string of the molecule is CC(O/N=C(/N)c1cccs1)C(=O)Nc1cccc(C#N)c1. The smallest absolute Gasteiger partial charge is 0.267 e. The summed E-state index contributed by atoms with van der Waals surface area (Å²) in [5.74, 6) is -0.154. The maximum absolute atomic E-state index is 12.0. The quantitative estimate of drug-likeness (QED) is 0.502. The number of nitrogens with two attached hydrogens (primary N) is 1. The number of rotatable bonds is 5. The molecular formula is C15H14N4O2S. The number of hydrogen-bond acceptors (Lipinski definition) is 5. The van der Waals surface area contributed by atoms with Crippen LogP contribution in [0, 0.1) is 11.3 Å². The Morgan fingerprint density at radius 1 is 1.45 bits per heavy atom. The molecule has 1 atom stereocenters. The number of nitrogens with one attached hydrogen (secondary N) is 1. The summed E-state index contributed by atoms with van der Waals surface area (Å²) in [5.41, 5.74) is 6.73. The number of benzene rings is 1. The molecule has 0 saturated heterocycles. The average molecular weight is 314 g/mol. The number of amidine groups is 1. The van der Waals surface area contributed by atoms with E-state index in [1.807, 2.05) is 23.6 Å². The molecule has 1 heterocycles. The van der Waals surface area contributed by atoms with E-state index < -0.39 is 6.10 Å². The number of anilines is 1. The van der Waals surface area contributed by atoms with Crippen LogP contribution in [-0.2, 0) is 9.63 Å². The second kappa shape index (κ2) is 7.24. The van der Waals surface area contributed by atoms with Gasteiger partial charge in [-0.1, -0.05) is 17.3 Å². The Balaban J connectivity index is 1.95. The minimum absolute atomic E-state index is 0.223. The molecule has 3 N–H and O–H groups in total. The first-order valence-electron chi connectivity index (χ1n) is 6.44. The number of amides is 1. The Morgan fingerprint density at radius 2 is 2.27 bits per heavy atom. The number of carbonyl (C=O) groups excluding carboxylic acids is 1. The van der Waals surface area contributed by atoms with E-state index in [2.05, 4.69) is 10.5 Å². The van der Waals surface area contributed by atoms with E-state index in [1.165, 1.54) is 11.3 Å². The highest BCUT2D eigenvalue weighted by atomic mass is 32.1. The van der Waals surface area contributed by atoms with E-state index in [1.54, 1.807) is 31.2 Å². The minimum Gasteiger partial charge on any atom is -0.381 e. The van der Waals surface area contributed by atoms with Crippen molar-refractivity contribution in [3.05, 3.63) is 52.2 Å². The van der Waals surface area contributed by atoms with Gasteiger partial charge in [-0.2, -0.15) is 5.26 Å². The fraction of sp³-hybridized carbons (Fsp3) is 0.133. The van der Waals surface area contributed by atoms with Crippen molar-refractivity contribution in [3.8, 4) is 6.07 Å². The van der Waals surface area contributed by atoms with Gasteiger partial charge in [0.25, 0.3) is 5.91 Å². The average Bonchev–Trinajstić information content (AvgIpc) is 3.06. The number of nitrogens with zero attached hydrogens (tertiary/aromatic N) is 2. The molecule has 0 saturated carbocycles. The summed E-state index contributed by atoms with van der Waals surface area (Å²) in [6.45, 7) is 1.56. The van der Waals surface area contributed by atoms with E-state index in [9.17, 15) is 4.79 Å². The van der Waals surface area contributed by atoms with Crippen molar-refractivity contribution >= 4 is 28.8 Å². The maximum atomic E-state index is 12.0. The number of thiophene rings is 1. The molecular weight excluding hydrogens is 300 g/mol. The highest BCUT2D eigenvalue weighted by Crippen LogP contribution is 2.11. The van der Waals surface area contributed by atoms with Gasteiger partial charge in [0.2, 0.25) is 6.10 Å². The summed E-state index contributed by atoms with van der Waals surface area (Å²) in [5, 5.41) is 17.1. The fourth-order valence-electron chi connectivity index (χ4n) is 1.56. The van der Waals surface area contributed by atoms with Gasteiger partial charge < -0.3 is 15.9 Å². The third-order valence-electron chi connectivity index (χ3n) is 2.71. The van der Waals surface area contributed by atoms with Crippen LogP contribution in [0.5, 0.6) is 0 Å². The minimum atomic E-state index is -0.816. The molecule has 1 unspecified atom stereocenters. The molecule has 0 aliphatic carbocycles. The van der Waals surface area contributed by atoms with Gasteiger partial charge in [-0.15, -0.1) is 11.3 Å². The van der Waals surface area contributed by atoms with Gasteiger partial charge in [0.1, 0.15) is 0 Å². The summed E-state index contributed by atoms with van der Waals surface area (Å²) >= 11 is 1.43. The maximum Gasteiger partial charge on any atom is 0.267 e. The second-order valence-corrected chi connectivity index (χ2v) is 5.33. The lowest BCUT2D eigenvalue weighted by Gasteiger charge is -2.11. The lowest BCUT2D eigenvalue weighted by atomic mass is 10.2. The zero-order valence-electron chi connectivity index (χ0n) is 11.8. The Labute approximate surface area is 131 Å². The molecule has 0 radical (unpaired) electrons. The molecule has 0 fully saturated rings. The molecule has 0 aliphatic heterocycles. The predicted molar refractivity (Wildman–Crippen MR) is 85.4 cm³/mol. The summed E-state index contributed by atoms with van der Waals surface area (Å²) in [6.07, 6.45) is -0.816. The van der Waals surface area contributed by atoms with Gasteiger partial charge in [0.15, 0.2) is 5.84 Å². The molecule has 22 heavy (non-hydrogen) atoms. The van der Waals surface area contributed by atoms with Gasteiger partial charge in [-0.25, -0.2) is 0 Å². The van der Waals surface area contributed by atoms with E-state index in [0.717, 1.165) is 4.88 Å². The molecule has 7 heteroatoms. The molecule has 2 aromatic rings. The molecule has 112 valence electrons. The van der Waals surface area contributed by atoms with Crippen LogP contribution in [0.15, 0.2) is 46.9 Å². The van der Waals surface area contributed by atoms with Gasteiger partial charge in [-0.05, 0) is 36.6 Å². The monoisotopic (exact) mass is 314 g/mol. The number of hydrogen-bond donors (Lipinski definition) is 2. The van der Waals surface area contributed by atoms with Crippen LogP contribution in [0.1, 0.15) is 17.4 Å². The lowest BCUT2D eigenvalue weighted by molar-refractivity contribution is -0.126. The van der Waals surface area contributed by atoms with Gasteiger partial charge in [0.05, 0.1) is 16.5 Å². The van der Waals surface area contributed by atoms with Crippen LogP contribution in [0.25, 0.3) is 0 Å². The van der Waals surface area contributed by atoms with Crippen molar-refractivity contribution in [1.29, 1.82) is 5.26 Å². The molecule has 2 rings (SSSR count). The van der Waals surface area contributed by atoms with Crippen molar-refractivity contribution in [2.24, 2.45) is 10.9 Å². The first kappa shape index (κ1) is 15.5. The van der Waals surface area contributed by atoms with Crippen molar-refractivity contribution in [1.82, 2.24) is 0 Å². The standard InChI is InChI=1S/C15H14N4O2S/c1-10(21-19-14(17)13-6-3-7-22-13)15(20)18-12-5-2-4-11(8-12)9-16/h2-8,10H,1H3,(H2,17,19)(H,18,20). The summed E-state index contributed by atoms with van der Waals surface area (Å²) in [7, 11) is 0. The Hall–Kier alpha value is -2.85. The van der Waals surface area contributed by atoms with Crippen LogP contribution in [0.4, 0.5) is 5.69 Å². The molecule has 0 spiro atoms. The molecule has 6 nitrogen and oxygen atoms in total. The molecule has 0 bridgehead atoms. The van der Waals surface area contributed by atoms with Crippen LogP contribution < -0.4 is 11.1 Å². The third-order valence-corrected chi connectivity index (χ3v) is 3.60. The highest BCUT2D eigenvalue weighted by molar-refractivity contribution is 7.12. The zero-order chi connectivity index (χ0) is 15.9. The van der Waals surface area contributed by atoms with E-state index in [-0.39, 0.29) is 11.7 Å². The Morgan fingerprint density at radius 3 is 2.95 bits per heavy atom. The molecule has 0 aliphatic rings. The van der Waals surface area contributed by atoms with Crippen molar-refractivity contribution in [2.75, 3.05) is 5.32 Å². The fourth-order valence-corrected chi connectivity index (χ4v) is 2.18. The normalized spacial score (nSPS) is 12.3. The van der Waals surface area contributed by atoms with Crippen molar-refractivity contribution in [3.63, 3.8) is 0 Å². The first-order chi connectivity index (χ1) is 10.6.